The third-order valence-corrected chi connectivity index (χ3v) is 2.73. The average Bonchev–Trinajstić information content (AvgIpc) is 2.27. The minimum Gasteiger partial charge on any atom is -0.508 e. The molecule has 1 aromatic carbocycles. The Bertz CT molecular complexity index is 506. The normalized spacial score (nSPS) is 10.4. The molecule has 0 aliphatic heterocycles. The minimum atomic E-state index is 0.355. The number of rotatable bonds is 2. The number of phenolic OH excluding ortho intramolecular Hbond substituents is 1. The van der Waals surface area contributed by atoms with E-state index in [0.717, 1.165) is 28.8 Å². The number of phenols is 1. The molecule has 2 aromatic rings. The van der Waals surface area contributed by atoms with Crippen LogP contribution in [0.3, 0.4) is 0 Å². The lowest BCUT2D eigenvalue weighted by atomic mass is 10.0. The fourth-order valence-electron chi connectivity index (χ4n) is 1.77. The van der Waals surface area contributed by atoms with Crippen molar-refractivity contribution in [2.45, 2.75) is 20.3 Å². The molecule has 0 saturated heterocycles. The van der Waals surface area contributed by atoms with Gasteiger partial charge in [0.1, 0.15) is 5.75 Å². The summed E-state index contributed by atoms with van der Waals surface area (Å²) in [5, 5.41) is 9.77. The van der Waals surface area contributed by atoms with Gasteiger partial charge in [0.2, 0.25) is 0 Å². The second-order valence-electron chi connectivity index (χ2n) is 4.06. The van der Waals surface area contributed by atoms with Gasteiger partial charge < -0.3 is 5.11 Å². The van der Waals surface area contributed by atoms with Gasteiger partial charge >= 0.3 is 0 Å². The minimum absolute atomic E-state index is 0.355. The number of aromatic hydroxyl groups is 1. The first-order chi connectivity index (χ1) is 7.66. The second kappa shape index (κ2) is 4.35. The van der Waals surface area contributed by atoms with Crippen molar-refractivity contribution >= 4 is 0 Å². The Labute approximate surface area is 95.6 Å². The largest absolute Gasteiger partial charge is 0.508 e. The van der Waals surface area contributed by atoms with Crippen LogP contribution in [-0.4, -0.2) is 10.1 Å². The van der Waals surface area contributed by atoms with Crippen molar-refractivity contribution < 1.29 is 5.11 Å². The lowest BCUT2D eigenvalue weighted by Gasteiger charge is -2.07. The first-order valence-electron chi connectivity index (χ1n) is 5.36. The van der Waals surface area contributed by atoms with Gasteiger partial charge in [-0.3, -0.25) is 4.98 Å². The van der Waals surface area contributed by atoms with Gasteiger partial charge in [0.15, 0.2) is 0 Å². The van der Waals surface area contributed by atoms with E-state index in [1.54, 1.807) is 12.3 Å². The smallest absolute Gasteiger partial charge is 0.119 e. The maximum atomic E-state index is 9.77. The van der Waals surface area contributed by atoms with E-state index < -0.39 is 0 Å². The Morgan fingerprint density at radius 2 is 1.94 bits per heavy atom. The molecule has 0 amide bonds. The number of benzene rings is 1. The highest BCUT2D eigenvalue weighted by atomic mass is 16.3. The van der Waals surface area contributed by atoms with E-state index in [1.807, 2.05) is 38.1 Å². The van der Waals surface area contributed by atoms with Crippen LogP contribution in [0.25, 0.3) is 0 Å². The van der Waals surface area contributed by atoms with Crippen LogP contribution in [0, 0.1) is 13.8 Å². The number of aryl methyl sites for hydroxylation is 2. The van der Waals surface area contributed by atoms with Crippen molar-refractivity contribution in [1.29, 1.82) is 0 Å². The van der Waals surface area contributed by atoms with Crippen LogP contribution >= 0.6 is 0 Å². The summed E-state index contributed by atoms with van der Waals surface area (Å²) in [4.78, 5) is 4.25. The highest BCUT2D eigenvalue weighted by Crippen LogP contribution is 2.22. The summed E-state index contributed by atoms with van der Waals surface area (Å²) in [7, 11) is 0. The van der Waals surface area contributed by atoms with Crippen molar-refractivity contribution in [3.8, 4) is 5.75 Å². The zero-order valence-electron chi connectivity index (χ0n) is 9.57. The summed E-state index contributed by atoms with van der Waals surface area (Å²) in [5.41, 5.74) is 4.29. The van der Waals surface area contributed by atoms with Crippen molar-refractivity contribution in [2.75, 3.05) is 0 Å². The van der Waals surface area contributed by atoms with E-state index in [1.165, 1.54) is 0 Å². The van der Waals surface area contributed by atoms with Gasteiger partial charge in [0.05, 0.1) is 0 Å². The maximum absolute atomic E-state index is 9.77. The molecule has 0 fully saturated rings. The van der Waals surface area contributed by atoms with Crippen molar-refractivity contribution in [1.82, 2.24) is 4.98 Å². The molecule has 2 heteroatoms. The highest BCUT2D eigenvalue weighted by molar-refractivity contribution is 5.39. The van der Waals surface area contributed by atoms with Crippen LogP contribution in [0.4, 0.5) is 0 Å². The van der Waals surface area contributed by atoms with Crippen molar-refractivity contribution in [3.05, 3.63) is 58.9 Å². The summed E-state index contributed by atoms with van der Waals surface area (Å²) in [6, 6.07) is 9.65. The summed E-state index contributed by atoms with van der Waals surface area (Å²) < 4.78 is 0. The van der Waals surface area contributed by atoms with Gasteiger partial charge in [-0.15, -0.1) is 0 Å². The number of aromatic nitrogens is 1. The standard InChI is InChI=1S/C14H15NO/c1-10-5-6-14(16)13(8-10)9-12-4-3-7-15-11(12)2/h3-8,16H,9H2,1-2H3. The Kier molecular flexibility index (Phi) is 2.91. The van der Waals surface area contributed by atoms with Crippen LogP contribution in [0.5, 0.6) is 5.75 Å². The van der Waals surface area contributed by atoms with E-state index in [4.69, 9.17) is 0 Å². The quantitative estimate of drug-likeness (QED) is 0.831. The SMILES string of the molecule is Cc1ccc(O)c(Cc2cccnc2C)c1. The molecular weight excluding hydrogens is 198 g/mol. The lowest BCUT2D eigenvalue weighted by molar-refractivity contribution is 0.469. The summed E-state index contributed by atoms with van der Waals surface area (Å²) in [5.74, 6) is 0.355. The Morgan fingerprint density at radius 3 is 2.69 bits per heavy atom. The molecule has 0 aliphatic carbocycles. The molecule has 0 aliphatic rings. The fourth-order valence-corrected chi connectivity index (χ4v) is 1.77. The van der Waals surface area contributed by atoms with Gasteiger partial charge in [0, 0.05) is 18.3 Å². The Morgan fingerprint density at radius 1 is 1.12 bits per heavy atom. The van der Waals surface area contributed by atoms with E-state index in [9.17, 15) is 5.11 Å². The first kappa shape index (κ1) is 10.7. The molecule has 1 aromatic heterocycles. The van der Waals surface area contributed by atoms with Gasteiger partial charge in [0.25, 0.3) is 0 Å². The third-order valence-electron chi connectivity index (χ3n) is 2.73. The lowest BCUT2D eigenvalue weighted by Crippen LogP contribution is -1.94. The predicted octanol–water partition coefficient (Wildman–Crippen LogP) is 2.99. The second-order valence-corrected chi connectivity index (χ2v) is 4.06. The van der Waals surface area contributed by atoms with E-state index in [-0.39, 0.29) is 0 Å². The number of hydrogen-bond donors (Lipinski definition) is 1. The molecule has 0 saturated carbocycles. The van der Waals surface area contributed by atoms with Crippen LogP contribution in [-0.2, 0) is 6.42 Å². The van der Waals surface area contributed by atoms with Gasteiger partial charge in [-0.1, -0.05) is 23.8 Å². The average molecular weight is 213 g/mol. The van der Waals surface area contributed by atoms with Crippen LogP contribution in [0.15, 0.2) is 36.5 Å². The predicted molar refractivity (Wildman–Crippen MR) is 64.6 cm³/mol. The van der Waals surface area contributed by atoms with Crippen LogP contribution in [0.1, 0.15) is 22.4 Å². The van der Waals surface area contributed by atoms with Crippen LogP contribution < -0.4 is 0 Å². The zero-order chi connectivity index (χ0) is 11.5. The van der Waals surface area contributed by atoms with E-state index in [0.29, 0.717) is 5.75 Å². The maximum Gasteiger partial charge on any atom is 0.119 e. The van der Waals surface area contributed by atoms with Crippen molar-refractivity contribution in [3.63, 3.8) is 0 Å². The van der Waals surface area contributed by atoms with Crippen molar-refractivity contribution in [2.24, 2.45) is 0 Å². The Hall–Kier alpha value is -1.83. The molecule has 0 bridgehead atoms. The van der Waals surface area contributed by atoms with Gasteiger partial charge in [-0.25, -0.2) is 0 Å². The molecule has 2 rings (SSSR count). The Balaban J connectivity index is 2.34. The van der Waals surface area contributed by atoms with Gasteiger partial charge in [-0.2, -0.15) is 0 Å². The summed E-state index contributed by atoms with van der Waals surface area (Å²) in [6.45, 7) is 4.02. The molecule has 1 heterocycles. The molecule has 82 valence electrons. The highest BCUT2D eigenvalue weighted by Gasteiger charge is 2.05. The molecule has 0 atom stereocenters. The monoisotopic (exact) mass is 213 g/mol. The molecule has 0 radical (unpaired) electrons. The third kappa shape index (κ3) is 2.22. The van der Waals surface area contributed by atoms with Crippen LogP contribution in [0.2, 0.25) is 0 Å². The molecular formula is C14H15NO. The summed E-state index contributed by atoms with van der Waals surface area (Å²) in [6.07, 6.45) is 2.52. The van der Waals surface area contributed by atoms with Gasteiger partial charge in [-0.05, 0) is 37.1 Å². The molecule has 0 unspecified atom stereocenters. The first-order valence-corrected chi connectivity index (χ1v) is 5.36. The number of nitrogens with zero attached hydrogens (tertiary/aromatic N) is 1. The van der Waals surface area contributed by atoms with E-state index in [2.05, 4.69) is 4.98 Å². The fraction of sp³-hybridized carbons (Fsp3) is 0.214. The summed E-state index contributed by atoms with van der Waals surface area (Å²) >= 11 is 0. The molecule has 16 heavy (non-hydrogen) atoms. The molecule has 1 N–H and O–H groups in total. The molecule has 0 spiro atoms. The van der Waals surface area contributed by atoms with E-state index >= 15 is 0 Å². The zero-order valence-corrected chi connectivity index (χ0v) is 9.57. The topological polar surface area (TPSA) is 33.1 Å². The number of pyridine rings is 1. The number of hydrogen-bond acceptors (Lipinski definition) is 2. The molecule has 2 nitrogen and oxygen atoms in total.